The molecule has 1 aromatic carbocycles. The minimum Gasteiger partial charge on any atom is -0.355 e. The van der Waals surface area contributed by atoms with Crippen LogP contribution in [0.5, 0.6) is 0 Å². The SMILES string of the molecule is Cc1ccc(S(=O)(=O)NCCCNC(=O)CN2CCCC2)cc1. The minimum absolute atomic E-state index is 0.00768. The average Bonchev–Trinajstić information content (AvgIpc) is 3.00. The van der Waals surface area contributed by atoms with E-state index in [4.69, 9.17) is 0 Å². The number of amides is 1. The summed E-state index contributed by atoms with van der Waals surface area (Å²) in [6.07, 6.45) is 2.89. The molecule has 23 heavy (non-hydrogen) atoms. The third-order valence-corrected chi connectivity index (χ3v) is 5.34. The second kappa shape index (κ2) is 8.42. The molecule has 1 heterocycles. The number of carbonyl (C=O) groups excluding carboxylic acids is 1. The number of sulfonamides is 1. The van der Waals surface area contributed by atoms with E-state index >= 15 is 0 Å². The average molecular weight is 339 g/mol. The molecule has 0 bridgehead atoms. The van der Waals surface area contributed by atoms with Gasteiger partial charge in [0.2, 0.25) is 15.9 Å². The van der Waals surface area contributed by atoms with E-state index in [1.807, 2.05) is 6.92 Å². The molecule has 7 heteroatoms. The molecule has 0 radical (unpaired) electrons. The maximum atomic E-state index is 12.1. The number of likely N-dealkylation sites (tertiary alicyclic amines) is 1. The molecule has 1 saturated heterocycles. The Balaban J connectivity index is 1.64. The number of nitrogens with one attached hydrogen (secondary N) is 2. The smallest absolute Gasteiger partial charge is 0.240 e. The summed E-state index contributed by atoms with van der Waals surface area (Å²) in [6, 6.07) is 6.73. The van der Waals surface area contributed by atoms with Crippen LogP contribution in [0.4, 0.5) is 0 Å². The topological polar surface area (TPSA) is 78.5 Å². The summed E-state index contributed by atoms with van der Waals surface area (Å²) in [6.45, 7) is 5.11. The lowest BCUT2D eigenvalue weighted by Crippen LogP contribution is -2.37. The highest BCUT2D eigenvalue weighted by atomic mass is 32.2. The van der Waals surface area contributed by atoms with Gasteiger partial charge < -0.3 is 5.32 Å². The van der Waals surface area contributed by atoms with Crippen LogP contribution in [0.3, 0.4) is 0 Å². The van der Waals surface area contributed by atoms with Crippen LogP contribution >= 0.6 is 0 Å². The van der Waals surface area contributed by atoms with Crippen LogP contribution < -0.4 is 10.0 Å². The molecule has 1 aromatic rings. The van der Waals surface area contributed by atoms with Crippen molar-refractivity contribution in [2.45, 2.75) is 31.1 Å². The van der Waals surface area contributed by atoms with Crippen molar-refractivity contribution in [3.63, 3.8) is 0 Å². The first-order chi connectivity index (χ1) is 11.0. The van der Waals surface area contributed by atoms with Gasteiger partial charge in [-0.15, -0.1) is 0 Å². The van der Waals surface area contributed by atoms with Crippen molar-refractivity contribution in [1.29, 1.82) is 0 Å². The van der Waals surface area contributed by atoms with Gasteiger partial charge in [-0.25, -0.2) is 13.1 Å². The van der Waals surface area contributed by atoms with E-state index in [0.717, 1.165) is 31.5 Å². The molecule has 128 valence electrons. The highest BCUT2D eigenvalue weighted by molar-refractivity contribution is 7.89. The summed E-state index contributed by atoms with van der Waals surface area (Å²) in [5, 5.41) is 2.83. The van der Waals surface area contributed by atoms with Gasteiger partial charge in [0.15, 0.2) is 0 Å². The van der Waals surface area contributed by atoms with E-state index in [2.05, 4.69) is 14.9 Å². The lowest BCUT2D eigenvalue weighted by atomic mass is 10.2. The van der Waals surface area contributed by atoms with Crippen LogP contribution in [-0.4, -0.2) is 51.9 Å². The van der Waals surface area contributed by atoms with Gasteiger partial charge in [0.1, 0.15) is 0 Å². The normalized spacial score (nSPS) is 15.7. The Labute approximate surface area is 138 Å². The monoisotopic (exact) mass is 339 g/mol. The molecule has 2 N–H and O–H groups in total. The van der Waals surface area contributed by atoms with E-state index in [0.29, 0.717) is 26.1 Å². The van der Waals surface area contributed by atoms with Crippen molar-refractivity contribution in [2.75, 3.05) is 32.7 Å². The summed E-state index contributed by atoms with van der Waals surface area (Å²) in [4.78, 5) is 14.1. The molecule has 1 fully saturated rings. The van der Waals surface area contributed by atoms with Gasteiger partial charge >= 0.3 is 0 Å². The fourth-order valence-electron chi connectivity index (χ4n) is 2.52. The zero-order valence-corrected chi connectivity index (χ0v) is 14.4. The first-order valence-electron chi connectivity index (χ1n) is 8.03. The highest BCUT2D eigenvalue weighted by Gasteiger charge is 2.15. The Kier molecular flexibility index (Phi) is 6.56. The van der Waals surface area contributed by atoms with Gasteiger partial charge in [-0.2, -0.15) is 0 Å². The number of benzene rings is 1. The Morgan fingerprint density at radius 2 is 1.78 bits per heavy atom. The maximum Gasteiger partial charge on any atom is 0.240 e. The van der Waals surface area contributed by atoms with Crippen molar-refractivity contribution >= 4 is 15.9 Å². The van der Waals surface area contributed by atoms with Crippen LogP contribution in [0, 0.1) is 6.92 Å². The lowest BCUT2D eigenvalue weighted by molar-refractivity contribution is -0.122. The first-order valence-corrected chi connectivity index (χ1v) is 9.51. The molecule has 1 amide bonds. The molecule has 0 unspecified atom stereocenters. The van der Waals surface area contributed by atoms with Crippen molar-refractivity contribution in [3.05, 3.63) is 29.8 Å². The Hall–Kier alpha value is -1.44. The van der Waals surface area contributed by atoms with Crippen molar-refractivity contribution in [2.24, 2.45) is 0 Å². The van der Waals surface area contributed by atoms with E-state index in [9.17, 15) is 13.2 Å². The van der Waals surface area contributed by atoms with E-state index < -0.39 is 10.0 Å². The number of carbonyl (C=O) groups is 1. The van der Waals surface area contributed by atoms with Gasteiger partial charge in [-0.3, -0.25) is 9.69 Å². The fraction of sp³-hybridized carbons (Fsp3) is 0.562. The second-order valence-electron chi connectivity index (χ2n) is 5.90. The highest BCUT2D eigenvalue weighted by Crippen LogP contribution is 2.09. The van der Waals surface area contributed by atoms with Gasteiger partial charge in [-0.1, -0.05) is 17.7 Å². The van der Waals surface area contributed by atoms with Crippen molar-refractivity contribution in [3.8, 4) is 0 Å². The molecule has 0 aliphatic carbocycles. The minimum atomic E-state index is -3.47. The predicted molar refractivity (Wildman–Crippen MR) is 89.7 cm³/mol. The van der Waals surface area contributed by atoms with E-state index in [1.54, 1.807) is 24.3 Å². The van der Waals surface area contributed by atoms with Crippen LogP contribution in [0.25, 0.3) is 0 Å². The molecular formula is C16H25N3O3S. The summed E-state index contributed by atoms with van der Waals surface area (Å²) in [5.41, 5.74) is 1.02. The molecule has 6 nitrogen and oxygen atoms in total. The predicted octanol–water partition coefficient (Wildman–Crippen LogP) is 0.875. The molecule has 0 atom stereocenters. The summed E-state index contributed by atoms with van der Waals surface area (Å²) in [5.74, 6) is 0.00768. The van der Waals surface area contributed by atoms with Crippen LogP contribution in [0.15, 0.2) is 29.2 Å². The molecular weight excluding hydrogens is 314 g/mol. The largest absolute Gasteiger partial charge is 0.355 e. The van der Waals surface area contributed by atoms with Gasteiger partial charge in [0.25, 0.3) is 0 Å². The Morgan fingerprint density at radius 1 is 1.13 bits per heavy atom. The van der Waals surface area contributed by atoms with Crippen LogP contribution in [-0.2, 0) is 14.8 Å². The summed E-state index contributed by atoms with van der Waals surface area (Å²) in [7, 11) is -3.47. The Morgan fingerprint density at radius 3 is 2.43 bits per heavy atom. The third-order valence-electron chi connectivity index (χ3n) is 3.86. The first kappa shape index (κ1) is 17.9. The zero-order chi connectivity index (χ0) is 16.7. The number of nitrogens with zero attached hydrogens (tertiary/aromatic N) is 1. The zero-order valence-electron chi connectivity index (χ0n) is 13.5. The van der Waals surface area contributed by atoms with E-state index in [-0.39, 0.29) is 10.8 Å². The van der Waals surface area contributed by atoms with Gasteiger partial charge in [-0.05, 0) is 51.4 Å². The Bertz CT molecular complexity index is 608. The maximum absolute atomic E-state index is 12.1. The van der Waals surface area contributed by atoms with Crippen molar-refractivity contribution < 1.29 is 13.2 Å². The van der Waals surface area contributed by atoms with Crippen LogP contribution in [0.1, 0.15) is 24.8 Å². The molecule has 1 aliphatic heterocycles. The van der Waals surface area contributed by atoms with Crippen molar-refractivity contribution in [1.82, 2.24) is 14.9 Å². The quantitative estimate of drug-likeness (QED) is 0.689. The summed E-state index contributed by atoms with van der Waals surface area (Å²) >= 11 is 0. The number of hydrogen-bond acceptors (Lipinski definition) is 4. The number of aryl methyl sites for hydroxylation is 1. The number of rotatable bonds is 8. The number of hydrogen-bond donors (Lipinski definition) is 2. The van der Waals surface area contributed by atoms with E-state index in [1.165, 1.54) is 0 Å². The molecule has 0 aromatic heterocycles. The fourth-order valence-corrected chi connectivity index (χ4v) is 3.60. The molecule has 1 aliphatic rings. The second-order valence-corrected chi connectivity index (χ2v) is 7.66. The van der Waals surface area contributed by atoms with Gasteiger partial charge in [0, 0.05) is 13.1 Å². The summed E-state index contributed by atoms with van der Waals surface area (Å²) < 4.78 is 26.7. The third kappa shape index (κ3) is 5.93. The van der Waals surface area contributed by atoms with Crippen LogP contribution in [0.2, 0.25) is 0 Å². The standard InChI is InChI=1S/C16H25N3O3S/c1-14-5-7-15(8-6-14)23(21,22)18-10-4-9-17-16(20)13-19-11-2-3-12-19/h5-8,18H,2-4,9-13H2,1H3,(H,17,20). The van der Waals surface area contributed by atoms with Gasteiger partial charge in [0.05, 0.1) is 11.4 Å². The molecule has 0 saturated carbocycles. The molecule has 0 spiro atoms. The lowest BCUT2D eigenvalue weighted by Gasteiger charge is -2.14. The molecule has 2 rings (SSSR count).